The molecule has 4 aromatic rings. The van der Waals surface area contributed by atoms with E-state index in [2.05, 4.69) is 15.5 Å². The highest BCUT2D eigenvalue weighted by molar-refractivity contribution is 7.18. The lowest BCUT2D eigenvalue weighted by Crippen LogP contribution is -2.13. The number of anilines is 1. The Balaban J connectivity index is 1.54. The van der Waals surface area contributed by atoms with Crippen LogP contribution in [0.1, 0.15) is 5.76 Å². The summed E-state index contributed by atoms with van der Waals surface area (Å²) in [7, 11) is 1.41. The van der Waals surface area contributed by atoms with Crippen LogP contribution in [0.2, 0.25) is 0 Å². The number of nitro benzene ring substituents is 1. The second-order valence-corrected chi connectivity index (χ2v) is 7.72. The molecule has 0 spiro atoms. The van der Waals surface area contributed by atoms with Gasteiger partial charge in [-0.2, -0.15) is 5.26 Å². The number of nitrogens with one attached hydrogen (secondary N) is 1. The second kappa shape index (κ2) is 9.76. The summed E-state index contributed by atoms with van der Waals surface area (Å²) in [5.41, 5.74) is 0.651. The van der Waals surface area contributed by atoms with Crippen LogP contribution in [0.4, 0.5) is 10.8 Å². The standard InChI is InChI=1S/C23H15N5O5S/c1-32-16-7-9-18(19(12-16)28(30)31)20-10-8-17(33-20)11-15(13-24)21(29)25-23-27-26-22(34-23)14-5-3-2-4-6-14/h2-12H,1H3,(H,25,27,29). The number of nitrogens with zero attached hydrogens (tertiary/aromatic N) is 4. The van der Waals surface area contributed by atoms with Crippen LogP contribution in [0.5, 0.6) is 5.75 Å². The molecule has 2 aromatic heterocycles. The predicted molar refractivity (Wildman–Crippen MR) is 125 cm³/mol. The summed E-state index contributed by atoms with van der Waals surface area (Å²) in [4.78, 5) is 23.5. The quantitative estimate of drug-likeness (QED) is 0.172. The van der Waals surface area contributed by atoms with Crippen molar-refractivity contribution >= 4 is 34.1 Å². The van der Waals surface area contributed by atoms with Gasteiger partial charge in [-0.3, -0.25) is 20.2 Å². The lowest BCUT2D eigenvalue weighted by Gasteiger charge is -2.03. The predicted octanol–water partition coefficient (Wildman–Crippen LogP) is 4.93. The molecular formula is C23H15N5O5S. The van der Waals surface area contributed by atoms with Crippen LogP contribution in [0, 0.1) is 21.4 Å². The molecule has 1 N–H and O–H groups in total. The zero-order valence-corrected chi connectivity index (χ0v) is 18.4. The number of amides is 1. The summed E-state index contributed by atoms with van der Waals surface area (Å²) in [6, 6.07) is 18.6. The molecule has 2 aromatic carbocycles. The van der Waals surface area contributed by atoms with E-state index in [0.717, 1.165) is 5.56 Å². The summed E-state index contributed by atoms with van der Waals surface area (Å²) >= 11 is 1.17. The number of ether oxygens (including phenoxy) is 1. The van der Waals surface area contributed by atoms with Gasteiger partial charge in [0.1, 0.15) is 33.9 Å². The van der Waals surface area contributed by atoms with Gasteiger partial charge in [0.05, 0.1) is 23.7 Å². The molecule has 0 bridgehead atoms. The summed E-state index contributed by atoms with van der Waals surface area (Å²) in [6.07, 6.45) is 1.24. The lowest BCUT2D eigenvalue weighted by atomic mass is 10.1. The maximum Gasteiger partial charge on any atom is 0.284 e. The van der Waals surface area contributed by atoms with Crippen molar-refractivity contribution in [1.29, 1.82) is 5.26 Å². The first-order valence-corrected chi connectivity index (χ1v) is 10.5. The largest absolute Gasteiger partial charge is 0.497 e. The summed E-state index contributed by atoms with van der Waals surface area (Å²) in [5, 5.41) is 32.3. The van der Waals surface area contributed by atoms with E-state index in [0.29, 0.717) is 10.8 Å². The van der Waals surface area contributed by atoms with Gasteiger partial charge in [-0.1, -0.05) is 41.7 Å². The number of carbonyl (C=O) groups is 1. The molecule has 10 nitrogen and oxygen atoms in total. The lowest BCUT2D eigenvalue weighted by molar-refractivity contribution is -0.384. The third-order valence-electron chi connectivity index (χ3n) is 4.61. The van der Waals surface area contributed by atoms with Crippen molar-refractivity contribution in [3.05, 3.63) is 82.1 Å². The Morgan fingerprint density at radius 2 is 2.00 bits per heavy atom. The molecule has 0 saturated carbocycles. The Hall–Kier alpha value is -4.82. The first-order chi connectivity index (χ1) is 16.5. The van der Waals surface area contributed by atoms with Crippen molar-refractivity contribution in [2.45, 2.75) is 0 Å². The highest BCUT2D eigenvalue weighted by Crippen LogP contribution is 2.34. The first kappa shape index (κ1) is 22.4. The van der Waals surface area contributed by atoms with Crippen LogP contribution in [0.3, 0.4) is 0 Å². The first-order valence-electron chi connectivity index (χ1n) is 9.73. The normalized spacial score (nSPS) is 11.0. The monoisotopic (exact) mass is 473 g/mol. The minimum Gasteiger partial charge on any atom is -0.497 e. The zero-order valence-electron chi connectivity index (χ0n) is 17.6. The van der Waals surface area contributed by atoms with Gasteiger partial charge in [-0.05, 0) is 24.3 Å². The van der Waals surface area contributed by atoms with Crippen molar-refractivity contribution in [2.75, 3.05) is 12.4 Å². The number of nitro groups is 1. The zero-order chi connectivity index (χ0) is 24.1. The average molecular weight is 473 g/mol. The third-order valence-corrected chi connectivity index (χ3v) is 5.50. The molecule has 2 heterocycles. The molecule has 0 fully saturated rings. The minimum absolute atomic E-state index is 0.175. The number of nitriles is 1. The molecule has 0 radical (unpaired) electrons. The van der Waals surface area contributed by atoms with E-state index in [1.807, 2.05) is 36.4 Å². The van der Waals surface area contributed by atoms with Crippen LogP contribution < -0.4 is 10.1 Å². The number of benzene rings is 2. The Morgan fingerprint density at radius 3 is 2.71 bits per heavy atom. The fraction of sp³-hybridized carbons (Fsp3) is 0.0435. The highest BCUT2D eigenvalue weighted by atomic mass is 32.1. The molecular weight excluding hydrogens is 458 g/mol. The Kier molecular flexibility index (Phi) is 6.42. The van der Waals surface area contributed by atoms with Gasteiger partial charge >= 0.3 is 0 Å². The van der Waals surface area contributed by atoms with Crippen molar-refractivity contribution in [3.63, 3.8) is 0 Å². The van der Waals surface area contributed by atoms with Crippen molar-refractivity contribution in [3.8, 4) is 33.7 Å². The van der Waals surface area contributed by atoms with Gasteiger partial charge in [0, 0.05) is 11.6 Å². The van der Waals surface area contributed by atoms with Crippen molar-refractivity contribution < 1.29 is 18.9 Å². The van der Waals surface area contributed by atoms with E-state index in [1.54, 1.807) is 6.07 Å². The van der Waals surface area contributed by atoms with E-state index in [9.17, 15) is 20.2 Å². The van der Waals surface area contributed by atoms with Crippen LogP contribution in [0.15, 0.2) is 70.7 Å². The van der Waals surface area contributed by atoms with Gasteiger partial charge < -0.3 is 9.15 Å². The molecule has 168 valence electrons. The smallest absolute Gasteiger partial charge is 0.284 e. The molecule has 0 unspecified atom stereocenters. The van der Waals surface area contributed by atoms with Gasteiger partial charge in [-0.25, -0.2) is 0 Å². The number of hydrogen-bond acceptors (Lipinski definition) is 9. The molecule has 0 aliphatic carbocycles. The Labute approximate surface area is 196 Å². The topological polar surface area (TPSA) is 144 Å². The average Bonchev–Trinajstić information content (AvgIpc) is 3.52. The third kappa shape index (κ3) is 4.82. The van der Waals surface area contributed by atoms with E-state index in [4.69, 9.17) is 9.15 Å². The summed E-state index contributed by atoms with van der Waals surface area (Å²) in [5.74, 6) is 0.0216. The summed E-state index contributed by atoms with van der Waals surface area (Å²) in [6.45, 7) is 0. The molecule has 1 amide bonds. The van der Waals surface area contributed by atoms with Crippen LogP contribution in [-0.4, -0.2) is 28.1 Å². The Morgan fingerprint density at radius 1 is 1.21 bits per heavy atom. The highest BCUT2D eigenvalue weighted by Gasteiger charge is 2.20. The van der Waals surface area contributed by atoms with Gasteiger partial charge in [0.25, 0.3) is 11.6 Å². The summed E-state index contributed by atoms with van der Waals surface area (Å²) < 4.78 is 10.7. The van der Waals surface area contributed by atoms with Crippen molar-refractivity contribution in [2.24, 2.45) is 0 Å². The van der Waals surface area contributed by atoms with Crippen molar-refractivity contribution in [1.82, 2.24) is 10.2 Å². The molecule has 0 aliphatic heterocycles. The maximum absolute atomic E-state index is 12.6. The van der Waals surface area contributed by atoms with E-state index in [1.165, 1.54) is 48.8 Å². The fourth-order valence-electron chi connectivity index (χ4n) is 3.00. The number of methoxy groups -OCH3 is 1. The molecule has 0 aliphatic rings. The van der Waals surface area contributed by atoms with Crippen LogP contribution in [0.25, 0.3) is 28.0 Å². The van der Waals surface area contributed by atoms with Gasteiger partial charge in [0.15, 0.2) is 0 Å². The maximum atomic E-state index is 12.6. The minimum atomic E-state index is -0.688. The van der Waals surface area contributed by atoms with Crippen LogP contribution in [-0.2, 0) is 4.79 Å². The van der Waals surface area contributed by atoms with E-state index in [-0.39, 0.29) is 33.5 Å². The number of rotatable bonds is 7. The number of aromatic nitrogens is 2. The van der Waals surface area contributed by atoms with E-state index >= 15 is 0 Å². The van der Waals surface area contributed by atoms with E-state index < -0.39 is 10.8 Å². The molecule has 11 heteroatoms. The number of furan rings is 1. The Bertz CT molecular complexity index is 1440. The molecule has 0 saturated heterocycles. The fourth-order valence-corrected chi connectivity index (χ4v) is 3.74. The van der Waals surface area contributed by atoms with Gasteiger partial charge in [0.2, 0.25) is 5.13 Å². The number of hydrogen-bond donors (Lipinski definition) is 1. The second-order valence-electron chi connectivity index (χ2n) is 6.74. The molecule has 0 atom stereocenters. The molecule has 4 rings (SSSR count). The van der Waals surface area contributed by atoms with Crippen LogP contribution >= 0.6 is 11.3 Å². The molecule has 34 heavy (non-hydrogen) atoms. The SMILES string of the molecule is COc1ccc(-c2ccc(C=C(C#N)C(=O)Nc3nnc(-c4ccccc4)s3)o2)c([N+](=O)[O-])c1. The van der Waals surface area contributed by atoms with Gasteiger partial charge in [-0.15, -0.1) is 10.2 Å². The number of carbonyl (C=O) groups excluding carboxylic acids is 1.